The maximum atomic E-state index is 5.38. The fourth-order valence-electron chi connectivity index (χ4n) is 2.98. The van der Waals surface area contributed by atoms with Gasteiger partial charge in [-0.15, -0.1) is 0 Å². The molecule has 2 nitrogen and oxygen atoms in total. The van der Waals surface area contributed by atoms with E-state index in [1.165, 1.54) is 19.3 Å². The van der Waals surface area contributed by atoms with E-state index in [4.69, 9.17) is 4.42 Å². The highest BCUT2D eigenvalue weighted by molar-refractivity contribution is 5.10. The SMILES string of the molecule is CC(NC1C2CCCC21)c1ccco1. The number of hydrogen-bond donors (Lipinski definition) is 1. The lowest BCUT2D eigenvalue weighted by Gasteiger charge is -2.12. The molecule has 1 aromatic heterocycles. The van der Waals surface area contributed by atoms with Gasteiger partial charge in [0.25, 0.3) is 0 Å². The summed E-state index contributed by atoms with van der Waals surface area (Å²) < 4.78 is 5.38. The van der Waals surface area contributed by atoms with Crippen LogP contribution in [0.4, 0.5) is 0 Å². The van der Waals surface area contributed by atoms with Gasteiger partial charge in [0, 0.05) is 6.04 Å². The Labute approximate surface area is 84.7 Å². The van der Waals surface area contributed by atoms with E-state index in [0.717, 1.165) is 23.6 Å². The largest absolute Gasteiger partial charge is 0.468 e. The second-order valence-electron chi connectivity index (χ2n) is 4.69. The van der Waals surface area contributed by atoms with Crippen molar-refractivity contribution in [2.24, 2.45) is 11.8 Å². The van der Waals surface area contributed by atoms with Crippen molar-refractivity contribution in [2.45, 2.75) is 38.3 Å². The molecular weight excluding hydrogens is 174 g/mol. The molecule has 3 rings (SSSR count). The van der Waals surface area contributed by atoms with E-state index in [1.807, 2.05) is 6.07 Å². The molecule has 0 aromatic carbocycles. The van der Waals surface area contributed by atoms with Crippen LogP contribution in [0.25, 0.3) is 0 Å². The summed E-state index contributed by atoms with van der Waals surface area (Å²) in [6.45, 7) is 2.19. The summed E-state index contributed by atoms with van der Waals surface area (Å²) >= 11 is 0. The first-order valence-electron chi connectivity index (χ1n) is 5.66. The molecule has 0 aliphatic heterocycles. The molecule has 3 unspecified atom stereocenters. The normalized spacial score (nSPS) is 36.8. The monoisotopic (exact) mass is 191 g/mol. The third-order valence-electron chi connectivity index (χ3n) is 3.82. The van der Waals surface area contributed by atoms with Crippen molar-refractivity contribution in [1.82, 2.24) is 5.32 Å². The molecule has 76 valence electrons. The zero-order valence-corrected chi connectivity index (χ0v) is 8.57. The smallest absolute Gasteiger partial charge is 0.120 e. The third kappa shape index (κ3) is 1.29. The van der Waals surface area contributed by atoms with Gasteiger partial charge in [0.05, 0.1) is 12.3 Å². The zero-order chi connectivity index (χ0) is 9.54. The maximum absolute atomic E-state index is 5.38. The first kappa shape index (κ1) is 8.54. The van der Waals surface area contributed by atoms with Crippen molar-refractivity contribution < 1.29 is 4.42 Å². The molecule has 0 spiro atoms. The summed E-state index contributed by atoms with van der Waals surface area (Å²) in [5, 5.41) is 3.66. The van der Waals surface area contributed by atoms with Crippen molar-refractivity contribution in [3.8, 4) is 0 Å². The molecule has 0 bridgehead atoms. The summed E-state index contributed by atoms with van der Waals surface area (Å²) in [6.07, 6.45) is 6.07. The van der Waals surface area contributed by atoms with Gasteiger partial charge >= 0.3 is 0 Å². The number of rotatable bonds is 3. The highest BCUT2D eigenvalue weighted by atomic mass is 16.3. The summed E-state index contributed by atoms with van der Waals surface area (Å²) in [4.78, 5) is 0. The lowest BCUT2D eigenvalue weighted by Crippen LogP contribution is -2.23. The molecular formula is C12H17NO. The second kappa shape index (κ2) is 3.13. The van der Waals surface area contributed by atoms with Gasteiger partial charge in [-0.2, -0.15) is 0 Å². The topological polar surface area (TPSA) is 25.2 Å². The van der Waals surface area contributed by atoms with Crippen molar-refractivity contribution in [1.29, 1.82) is 0 Å². The molecule has 2 aliphatic carbocycles. The highest BCUT2D eigenvalue weighted by Crippen LogP contribution is 2.52. The molecule has 1 heterocycles. The predicted octanol–water partition coefficient (Wildman–Crippen LogP) is 2.73. The highest BCUT2D eigenvalue weighted by Gasteiger charge is 2.52. The van der Waals surface area contributed by atoms with Gasteiger partial charge in [0.15, 0.2) is 0 Å². The van der Waals surface area contributed by atoms with Crippen LogP contribution in [-0.2, 0) is 0 Å². The minimum atomic E-state index is 0.376. The van der Waals surface area contributed by atoms with Gasteiger partial charge in [-0.05, 0) is 43.7 Å². The van der Waals surface area contributed by atoms with Crippen LogP contribution in [0.15, 0.2) is 22.8 Å². The summed E-state index contributed by atoms with van der Waals surface area (Å²) in [5.74, 6) is 3.02. The lowest BCUT2D eigenvalue weighted by atomic mass is 10.2. The Kier molecular flexibility index (Phi) is 1.91. The second-order valence-corrected chi connectivity index (χ2v) is 4.69. The van der Waals surface area contributed by atoms with Gasteiger partial charge in [0.1, 0.15) is 5.76 Å². The lowest BCUT2D eigenvalue weighted by molar-refractivity contribution is 0.410. The molecule has 0 saturated heterocycles. The summed E-state index contributed by atoms with van der Waals surface area (Å²) in [7, 11) is 0. The van der Waals surface area contributed by atoms with Crippen LogP contribution in [0.2, 0.25) is 0 Å². The molecule has 2 fully saturated rings. The van der Waals surface area contributed by atoms with E-state index in [0.29, 0.717) is 6.04 Å². The quantitative estimate of drug-likeness (QED) is 0.794. The number of nitrogens with one attached hydrogen (secondary N) is 1. The van der Waals surface area contributed by atoms with Crippen molar-refractivity contribution in [3.63, 3.8) is 0 Å². The number of furan rings is 1. The van der Waals surface area contributed by atoms with Crippen molar-refractivity contribution >= 4 is 0 Å². The first-order chi connectivity index (χ1) is 6.86. The fraction of sp³-hybridized carbons (Fsp3) is 0.667. The van der Waals surface area contributed by atoms with Crippen LogP contribution in [0, 0.1) is 11.8 Å². The molecule has 14 heavy (non-hydrogen) atoms. The minimum absolute atomic E-state index is 0.376. The van der Waals surface area contributed by atoms with Crippen LogP contribution in [0.5, 0.6) is 0 Å². The Bertz CT molecular complexity index is 296. The van der Waals surface area contributed by atoms with Gasteiger partial charge in [-0.25, -0.2) is 0 Å². The van der Waals surface area contributed by atoms with Crippen LogP contribution in [0.1, 0.15) is 38.0 Å². The number of hydrogen-bond acceptors (Lipinski definition) is 2. The minimum Gasteiger partial charge on any atom is -0.468 e. The first-order valence-corrected chi connectivity index (χ1v) is 5.66. The number of fused-ring (bicyclic) bond motifs is 1. The van der Waals surface area contributed by atoms with E-state index < -0.39 is 0 Å². The standard InChI is InChI=1S/C12H17NO/c1-8(11-6-3-7-14-11)13-12-9-4-2-5-10(9)12/h3,6-10,12-13H,2,4-5H2,1H3. The summed E-state index contributed by atoms with van der Waals surface area (Å²) in [6, 6.07) is 5.17. The Morgan fingerprint density at radius 2 is 2.21 bits per heavy atom. The van der Waals surface area contributed by atoms with E-state index in [2.05, 4.69) is 18.3 Å². The van der Waals surface area contributed by atoms with Gasteiger partial charge in [0.2, 0.25) is 0 Å². The van der Waals surface area contributed by atoms with E-state index in [9.17, 15) is 0 Å². The molecule has 1 N–H and O–H groups in total. The molecule has 2 aliphatic rings. The Balaban J connectivity index is 1.59. The van der Waals surface area contributed by atoms with E-state index in [-0.39, 0.29) is 0 Å². The molecule has 3 atom stereocenters. The van der Waals surface area contributed by atoms with E-state index in [1.54, 1.807) is 6.26 Å². The molecule has 0 radical (unpaired) electrons. The molecule has 2 saturated carbocycles. The average Bonchev–Trinajstić information content (AvgIpc) is 2.75. The van der Waals surface area contributed by atoms with Crippen LogP contribution in [-0.4, -0.2) is 6.04 Å². The Morgan fingerprint density at radius 1 is 1.43 bits per heavy atom. The molecule has 0 amide bonds. The fourth-order valence-corrected chi connectivity index (χ4v) is 2.98. The maximum Gasteiger partial charge on any atom is 0.120 e. The van der Waals surface area contributed by atoms with Gasteiger partial charge in [-0.1, -0.05) is 6.42 Å². The predicted molar refractivity (Wildman–Crippen MR) is 54.9 cm³/mol. The van der Waals surface area contributed by atoms with Gasteiger partial charge in [-0.3, -0.25) is 0 Å². The Morgan fingerprint density at radius 3 is 2.86 bits per heavy atom. The average molecular weight is 191 g/mol. The Hall–Kier alpha value is -0.760. The molecule has 2 heteroatoms. The van der Waals surface area contributed by atoms with Crippen LogP contribution < -0.4 is 5.32 Å². The molecule has 1 aromatic rings. The van der Waals surface area contributed by atoms with Gasteiger partial charge < -0.3 is 9.73 Å². The summed E-state index contributed by atoms with van der Waals surface area (Å²) in [5.41, 5.74) is 0. The van der Waals surface area contributed by atoms with Crippen molar-refractivity contribution in [2.75, 3.05) is 0 Å². The third-order valence-corrected chi connectivity index (χ3v) is 3.82. The zero-order valence-electron chi connectivity index (χ0n) is 8.57. The van der Waals surface area contributed by atoms with Crippen molar-refractivity contribution in [3.05, 3.63) is 24.2 Å². The van der Waals surface area contributed by atoms with Crippen LogP contribution in [0.3, 0.4) is 0 Å². The van der Waals surface area contributed by atoms with Crippen LogP contribution >= 0.6 is 0 Å². The van der Waals surface area contributed by atoms with E-state index >= 15 is 0 Å².